The summed E-state index contributed by atoms with van der Waals surface area (Å²) in [5, 5.41) is 3.81. The fourth-order valence-corrected chi connectivity index (χ4v) is 4.31. The number of imide groups is 1. The number of ether oxygens (including phenoxy) is 3. The van der Waals surface area contributed by atoms with Crippen molar-refractivity contribution < 1.29 is 23.8 Å². The molecule has 0 bridgehead atoms. The van der Waals surface area contributed by atoms with Crippen LogP contribution in [-0.4, -0.2) is 49.6 Å². The van der Waals surface area contributed by atoms with Crippen LogP contribution in [0.5, 0.6) is 17.2 Å². The van der Waals surface area contributed by atoms with Crippen molar-refractivity contribution in [3.8, 4) is 17.2 Å². The maximum atomic E-state index is 13.3. The highest BCUT2D eigenvalue weighted by Crippen LogP contribution is 2.43. The Labute approximate surface area is 196 Å². The van der Waals surface area contributed by atoms with Gasteiger partial charge in [0.25, 0.3) is 5.91 Å². The van der Waals surface area contributed by atoms with Crippen molar-refractivity contribution in [2.75, 3.05) is 27.9 Å². The van der Waals surface area contributed by atoms with Crippen molar-refractivity contribution in [3.05, 3.63) is 64.7 Å². The largest absolute Gasteiger partial charge is 0.493 e. The summed E-state index contributed by atoms with van der Waals surface area (Å²) in [5.74, 6) is 0.221. The van der Waals surface area contributed by atoms with Crippen LogP contribution in [0.15, 0.2) is 53.9 Å². The average molecular weight is 463 g/mol. The molecule has 0 saturated carbocycles. The predicted octanol–water partition coefficient (Wildman–Crippen LogP) is 4.43. The van der Waals surface area contributed by atoms with Crippen molar-refractivity contribution in [3.63, 3.8) is 0 Å². The van der Waals surface area contributed by atoms with E-state index in [1.165, 1.54) is 32.3 Å². The number of H-pyrrole nitrogens is 1. The van der Waals surface area contributed by atoms with Gasteiger partial charge in [0.05, 0.1) is 21.3 Å². The van der Waals surface area contributed by atoms with Gasteiger partial charge in [-0.3, -0.25) is 14.5 Å². The number of fused-ring (bicyclic) bond motifs is 1. The first-order valence-electron chi connectivity index (χ1n) is 10.8. The van der Waals surface area contributed by atoms with Crippen molar-refractivity contribution in [2.45, 2.75) is 18.8 Å². The summed E-state index contributed by atoms with van der Waals surface area (Å²) in [6.07, 6.45) is 5.62. The zero-order valence-electron chi connectivity index (χ0n) is 19.2. The number of methoxy groups -OCH3 is 3. The van der Waals surface area contributed by atoms with E-state index in [2.05, 4.69) is 10.2 Å². The van der Waals surface area contributed by atoms with Gasteiger partial charge in [-0.05, 0) is 59.1 Å². The van der Waals surface area contributed by atoms with Crippen molar-refractivity contribution >= 4 is 28.4 Å². The van der Waals surface area contributed by atoms with Crippen LogP contribution in [-0.2, 0) is 9.59 Å². The van der Waals surface area contributed by atoms with E-state index in [4.69, 9.17) is 14.2 Å². The number of nitrogens with one attached hydrogen (secondary N) is 1. The summed E-state index contributed by atoms with van der Waals surface area (Å²) in [6.45, 7) is 0.337. The summed E-state index contributed by atoms with van der Waals surface area (Å²) in [4.78, 5) is 41.2. The molecule has 1 atom stereocenters. The van der Waals surface area contributed by atoms with Crippen molar-refractivity contribution in [1.82, 2.24) is 9.88 Å². The number of amides is 2. The number of nitroso groups, excluding NO2 is 1. The molecule has 0 spiro atoms. The number of hydrogen-bond donors (Lipinski definition) is 1. The average Bonchev–Trinajstić information content (AvgIpc) is 3.29. The molecular weight excluding hydrogens is 438 g/mol. The Balaban J connectivity index is 1.86. The highest BCUT2D eigenvalue weighted by Gasteiger charge is 2.29. The number of benzene rings is 2. The van der Waals surface area contributed by atoms with E-state index >= 15 is 0 Å². The lowest BCUT2D eigenvalue weighted by atomic mass is 9.87. The number of rotatable bonds is 8. The minimum absolute atomic E-state index is 0.0178. The van der Waals surface area contributed by atoms with Crippen molar-refractivity contribution in [2.24, 2.45) is 5.18 Å². The molecule has 34 heavy (non-hydrogen) atoms. The van der Waals surface area contributed by atoms with Gasteiger partial charge in [-0.25, -0.2) is 0 Å². The third-order valence-electron chi connectivity index (χ3n) is 5.99. The van der Waals surface area contributed by atoms with E-state index in [1.54, 1.807) is 42.6 Å². The molecule has 1 aromatic heterocycles. The number of aromatic nitrogens is 1. The van der Waals surface area contributed by atoms with Crippen molar-refractivity contribution in [1.29, 1.82) is 0 Å². The SMILES string of the molecule is COc1cc(C(CC(=O)N2CCC=CC2=O)c2c[nH]c3ccc(N=O)cc23)cc(OC)c1OC. The van der Waals surface area contributed by atoms with Gasteiger partial charge in [-0.1, -0.05) is 6.08 Å². The minimum Gasteiger partial charge on any atom is -0.493 e. The van der Waals surface area contributed by atoms with Crippen LogP contribution >= 0.6 is 0 Å². The van der Waals surface area contributed by atoms with Gasteiger partial charge in [0.2, 0.25) is 11.7 Å². The smallest absolute Gasteiger partial charge is 0.252 e. The fourth-order valence-electron chi connectivity index (χ4n) is 4.31. The Kier molecular flexibility index (Phi) is 6.62. The first-order chi connectivity index (χ1) is 16.5. The molecule has 1 unspecified atom stereocenters. The number of nitrogens with zero attached hydrogens (tertiary/aromatic N) is 2. The fraction of sp³-hybridized carbons (Fsp3) is 0.280. The molecule has 0 saturated heterocycles. The Bertz CT molecular complexity index is 1250. The number of hydrogen-bond acceptors (Lipinski definition) is 7. The summed E-state index contributed by atoms with van der Waals surface area (Å²) in [6, 6.07) is 8.64. The molecular formula is C25H25N3O6. The van der Waals surface area contributed by atoms with E-state index in [0.29, 0.717) is 30.2 Å². The lowest BCUT2D eigenvalue weighted by Crippen LogP contribution is -2.38. The van der Waals surface area contributed by atoms with Crippen LogP contribution in [0, 0.1) is 4.91 Å². The third-order valence-corrected chi connectivity index (χ3v) is 5.99. The van der Waals surface area contributed by atoms with E-state index in [9.17, 15) is 14.5 Å². The standard InChI is InChI=1S/C25H25N3O6/c1-32-21-10-15(11-22(33-2)25(21)34-3)17(13-24(30)28-9-5-4-6-23(28)29)19-14-26-20-8-7-16(27-31)12-18(19)20/h4,6-8,10-12,14,17,26H,5,9,13H2,1-3H3. The molecule has 1 aliphatic heterocycles. The lowest BCUT2D eigenvalue weighted by molar-refractivity contribution is -0.142. The quantitative estimate of drug-likeness (QED) is 0.495. The molecule has 0 aliphatic carbocycles. The molecule has 1 aliphatic rings. The number of carbonyl (C=O) groups is 2. The highest BCUT2D eigenvalue weighted by molar-refractivity contribution is 6.02. The monoisotopic (exact) mass is 463 g/mol. The van der Waals surface area contributed by atoms with Crippen LogP contribution in [0.2, 0.25) is 0 Å². The summed E-state index contributed by atoms with van der Waals surface area (Å²) in [5.41, 5.74) is 2.58. The summed E-state index contributed by atoms with van der Waals surface area (Å²) < 4.78 is 16.5. The molecule has 0 fully saturated rings. The molecule has 4 rings (SSSR count). The zero-order chi connectivity index (χ0) is 24.2. The van der Waals surface area contributed by atoms with E-state index in [1.807, 2.05) is 0 Å². The van der Waals surface area contributed by atoms with Gasteiger partial charge in [0.1, 0.15) is 5.69 Å². The maximum Gasteiger partial charge on any atom is 0.252 e. The molecule has 2 heterocycles. The molecule has 9 heteroatoms. The normalized spacial score (nSPS) is 14.2. The second-order valence-electron chi connectivity index (χ2n) is 7.86. The molecule has 176 valence electrons. The van der Waals surface area contributed by atoms with Gasteiger partial charge in [0.15, 0.2) is 11.5 Å². The van der Waals surface area contributed by atoms with Gasteiger partial charge in [-0.15, -0.1) is 4.91 Å². The molecule has 2 aromatic carbocycles. The summed E-state index contributed by atoms with van der Waals surface area (Å²) >= 11 is 0. The Morgan fingerprint density at radius 1 is 1.12 bits per heavy atom. The second kappa shape index (κ2) is 9.78. The maximum absolute atomic E-state index is 13.3. The highest BCUT2D eigenvalue weighted by atomic mass is 16.5. The van der Waals surface area contributed by atoms with Crippen LogP contribution in [0.3, 0.4) is 0 Å². The lowest BCUT2D eigenvalue weighted by Gasteiger charge is -2.25. The molecule has 0 radical (unpaired) electrons. The summed E-state index contributed by atoms with van der Waals surface area (Å²) in [7, 11) is 4.56. The van der Waals surface area contributed by atoms with Crippen LogP contribution in [0.1, 0.15) is 29.9 Å². The van der Waals surface area contributed by atoms with E-state index in [-0.39, 0.29) is 23.9 Å². The number of carbonyl (C=O) groups excluding carboxylic acids is 2. The topological polar surface area (TPSA) is 110 Å². The van der Waals surface area contributed by atoms with Gasteiger partial charge in [0, 0.05) is 36.0 Å². The van der Waals surface area contributed by atoms with E-state index < -0.39 is 5.92 Å². The van der Waals surface area contributed by atoms with E-state index in [0.717, 1.165) is 22.0 Å². The van der Waals surface area contributed by atoms with Gasteiger partial charge in [-0.2, -0.15) is 0 Å². The Morgan fingerprint density at radius 2 is 1.85 bits per heavy atom. The molecule has 2 amide bonds. The second-order valence-corrected chi connectivity index (χ2v) is 7.86. The van der Waals surface area contributed by atoms with Crippen LogP contribution in [0.4, 0.5) is 5.69 Å². The predicted molar refractivity (Wildman–Crippen MR) is 127 cm³/mol. The zero-order valence-corrected chi connectivity index (χ0v) is 19.2. The van der Waals surface area contributed by atoms with Gasteiger partial charge >= 0.3 is 0 Å². The Morgan fingerprint density at radius 3 is 2.47 bits per heavy atom. The number of aromatic amines is 1. The molecule has 1 N–H and O–H groups in total. The molecule has 9 nitrogen and oxygen atoms in total. The van der Waals surface area contributed by atoms with Crippen LogP contribution in [0.25, 0.3) is 10.9 Å². The first kappa shape index (κ1) is 23.0. The van der Waals surface area contributed by atoms with Crippen LogP contribution < -0.4 is 14.2 Å². The molecule has 3 aromatic rings. The van der Waals surface area contributed by atoms with Gasteiger partial charge < -0.3 is 19.2 Å². The third kappa shape index (κ3) is 4.24. The Hall–Kier alpha value is -4.14. The minimum atomic E-state index is -0.476. The first-order valence-corrected chi connectivity index (χ1v) is 10.8.